The number of nitrogens with zero attached hydrogens (tertiary/aromatic N) is 3. The summed E-state index contributed by atoms with van der Waals surface area (Å²) >= 11 is 0. The van der Waals surface area contributed by atoms with E-state index in [1.165, 1.54) is 12.1 Å². The Morgan fingerprint density at radius 1 is 0.958 bits per heavy atom. The van der Waals surface area contributed by atoms with Crippen LogP contribution in [0, 0.1) is 17.7 Å². The van der Waals surface area contributed by atoms with E-state index in [4.69, 9.17) is 0 Å². The number of halogens is 1. The van der Waals surface area contributed by atoms with Crippen LogP contribution in [0.4, 0.5) is 4.39 Å². The van der Waals surface area contributed by atoms with Crippen LogP contribution in [0.3, 0.4) is 0 Å². The number of hydrogen-bond acceptors (Lipinski definition) is 3. The average Bonchev–Trinajstić information content (AvgIpc) is 3.10. The van der Waals surface area contributed by atoms with Crippen LogP contribution in [0.5, 0.6) is 0 Å². The first kappa shape index (κ1) is 15.3. The highest BCUT2D eigenvalue weighted by Gasteiger charge is 2.45. The summed E-state index contributed by atoms with van der Waals surface area (Å²) in [4.78, 5) is 21.0. The van der Waals surface area contributed by atoms with Crippen molar-refractivity contribution in [3.8, 4) is 0 Å². The lowest BCUT2D eigenvalue weighted by atomic mass is 10.0. The van der Waals surface area contributed by atoms with Gasteiger partial charge >= 0.3 is 0 Å². The predicted octanol–water partition coefficient (Wildman–Crippen LogP) is 2.31. The summed E-state index contributed by atoms with van der Waals surface area (Å²) in [5, 5.41) is 0. The maximum Gasteiger partial charge on any atom is 0.227 e. The number of hydrogen-bond donors (Lipinski definition) is 0. The summed E-state index contributed by atoms with van der Waals surface area (Å²) in [6, 6.07) is 10.5. The third-order valence-corrected chi connectivity index (χ3v) is 5.04. The third-order valence-electron chi connectivity index (χ3n) is 5.04. The van der Waals surface area contributed by atoms with E-state index in [2.05, 4.69) is 9.88 Å². The van der Waals surface area contributed by atoms with Crippen LogP contribution in [0.25, 0.3) is 0 Å². The van der Waals surface area contributed by atoms with Gasteiger partial charge in [-0.2, -0.15) is 0 Å². The number of aromatic nitrogens is 1. The highest BCUT2D eigenvalue weighted by Crippen LogP contribution is 2.33. The highest BCUT2D eigenvalue weighted by molar-refractivity contribution is 5.82. The standard InChI is InChI=1S/C19H20FN3O/c20-17-3-1-14(2-4-17)9-22-11-16-12-23(19(24)18(16)13-22)10-15-5-7-21-8-6-15/h1-8,16,18H,9-13H2/t16-,18-/m1/s1. The number of rotatable bonds is 4. The van der Waals surface area contributed by atoms with Gasteiger partial charge in [0.2, 0.25) is 5.91 Å². The minimum absolute atomic E-state index is 0.104. The lowest BCUT2D eigenvalue weighted by Gasteiger charge is -2.21. The molecule has 24 heavy (non-hydrogen) atoms. The fourth-order valence-corrected chi connectivity index (χ4v) is 3.86. The van der Waals surface area contributed by atoms with Gasteiger partial charge in [-0.3, -0.25) is 14.7 Å². The molecular weight excluding hydrogens is 305 g/mol. The molecule has 3 heterocycles. The molecule has 0 spiro atoms. The second-order valence-electron chi connectivity index (χ2n) is 6.76. The number of carbonyl (C=O) groups is 1. The molecule has 124 valence electrons. The van der Waals surface area contributed by atoms with Crippen molar-refractivity contribution in [2.75, 3.05) is 19.6 Å². The Morgan fingerprint density at radius 3 is 2.38 bits per heavy atom. The predicted molar refractivity (Wildman–Crippen MR) is 88.3 cm³/mol. The van der Waals surface area contributed by atoms with E-state index in [-0.39, 0.29) is 17.6 Å². The Labute approximate surface area is 140 Å². The van der Waals surface area contributed by atoms with E-state index in [1.54, 1.807) is 12.4 Å². The van der Waals surface area contributed by atoms with Crippen molar-refractivity contribution in [1.82, 2.24) is 14.8 Å². The maximum absolute atomic E-state index is 13.0. The van der Waals surface area contributed by atoms with Gasteiger partial charge in [-0.1, -0.05) is 12.1 Å². The molecule has 1 aromatic carbocycles. The summed E-state index contributed by atoms with van der Waals surface area (Å²) in [5.74, 6) is 0.560. The van der Waals surface area contributed by atoms with Gasteiger partial charge in [0.15, 0.2) is 0 Å². The Bertz CT molecular complexity index is 719. The zero-order valence-electron chi connectivity index (χ0n) is 13.4. The molecule has 4 rings (SSSR count). The van der Waals surface area contributed by atoms with Gasteiger partial charge in [-0.05, 0) is 35.4 Å². The molecule has 2 atom stereocenters. The molecule has 0 N–H and O–H groups in total. The highest BCUT2D eigenvalue weighted by atomic mass is 19.1. The Kier molecular flexibility index (Phi) is 4.02. The second kappa shape index (κ2) is 6.32. The molecule has 0 radical (unpaired) electrons. The summed E-state index contributed by atoms with van der Waals surface area (Å²) in [6.07, 6.45) is 3.53. The molecule has 2 fully saturated rings. The van der Waals surface area contributed by atoms with Crippen molar-refractivity contribution >= 4 is 5.91 Å². The molecule has 2 aliphatic rings. The van der Waals surface area contributed by atoms with E-state index in [1.807, 2.05) is 29.2 Å². The normalized spacial score (nSPS) is 23.7. The molecular formula is C19H20FN3O. The number of likely N-dealkylation sites (tertiary alicyclic amines) is 2. The van der Waals surface area contributed by atoms with Crippen LogP contribution in [-0.4, -0.2) is 40.3 Å². The number of amides is 1. The molecule has 0 saturated carbocycles. The van der Waals surface area contributed by atoms with Crippen molar-refractivity contribution in [1.29, 1.82) is 0 Å². The zero-order chi connectivity index (χ0) is 16.5. The molecule has 5 heteroatoms. The SMILES string of the molecule is O=C1[C@@H]2CN(Cc3ccc(F)cc3)C[C@@H]2CN1Cc1ccncc1. The summed E-state index contributed by atoms with van der Waals surface area (Å²) in [5.41, 5.74) is 2.22. The topological polar surface area (TPSA) is 36.4 Å². The molecule has 1 aromatic heterocycles. The smallest absolute Gasteiger partial charge is 0.227 e. The van der Waals surface area contributed by atoms with Crippen LogP contribution in [0.2, 0.25) is 0 Å². The van der Waals surface area contributed by atoms with Crippen molar-refractivity contribution in [3.63, 3.8) is 0 Å². The minimum atomic E-state index is -0.209. The number of carbonyl (C=O) groups excluding carboxylic acids is 1. The first-order valence-electron chi connectivity index (χ1n) is 8.33. The van der Waals surface area contributed by atoms with Crippen LogP contribution in [0.1, 0.15) is 11.1 Å². The average molecular weight is 325 g/mol. The molecule has 2 saturated heterocycles. The summed E-state index contributed by atoms with van der Waals surface area (Å²) < 4.78 is 13.0. The summed E-state index contributed by atoms with van der Waals surface area (Å²) in [6.45, 7) is 4.01. The maximum atomic E-state index is 13.0. The first-order valence-corrected chi connectivity index (χ1v) is 8.33. The van der Waals surface area contributed by atoms with Crippen molar-refractivity contribution in [2.45, 2.75) is 13.1 Å². The molecule has 2 aliphatic heterocycles. The lowest BCUT2D eigenvalue weighted by Crippen LogP contribution is -2.32. The van der Waals surface area contributed by atoms with E-state index in [0.29, 0.717) is 12.5 Å². The van der Waals surface area contributed by atoms with E-state index >= 15 is 0 Å². The van der Waals surface area contributed by atoms with E-state index < -0.39 is 0 Å². The zero-order valence-corrected chi connectivity index (χ0v) is 13.4. The van der Waals surface area contributed by atoms with Crippen molar-refractivity contribution in [2.24, 2.45) is 11.8 Å². The van der Waals surface area contributed by atoms with Crippen LogP contribution in [-0.2, 0) is 17.9 Å². The quantitative estimate of drug-likeness (QED) is 0.865. The molecule has 2 aromatic rings. The van der Waals surface area contributed by atoms with Gasteiger partial charge in [-0.15, -0.1) is 0 Å². The summed E-state index contributed by atoms with van der Waals surface area (Å²) in [7, 11) is 0. The fraction of sp³-hybridized carbons (Fsp3) is 0.368. The molecule has 1 amide bonds. The number of fused-ring (bicyclic) bond motifs is 1. The number of pyridine rings is 1. The first-order chi connectivity index (χ1) is 11.7. The lowest BCUT2D eigenvalue weighted by molar-refractivity contribution is -0.131. The van der Waals surface area contributed by atoms with E-state index in [0.717, 1.165) is 37.3 Å². The van der Waals surface area contributed by atoms with Gasteiger partial charge in [-0.25, -0.2) is 4.39 Å². The Balaban J connectivity index is 1.36. The van der Waals surface area contributed by atoms with Gasteiger partial charge in [0.25, 0.3) is 0 Å². The second-order valence-corrected chi connectivity index (χ2v) is 6.76. The Hall–Kier alpha value is -2.27. The molecule has 0 unspecified atom stereocenters. The Morgan fingerprint density at radius 2 is 1.67 bits per heavy atom. The fourth-order valence-electron chi connectivity index (χ4n) is 3.86. The van der Waals surface area contributed by atoms with Crippen LogP contribution >= 0.6 is 0 Å². The number of benzene rings is 1. The van der Waals surface area contributed by atoms with Crippen LogP contribution in [0.15, 0.2) is 48.8 Å². The monoisotopic (exact) mass is 325 g/mol. The molecule has 0 bridgehead atoms. The van der Waals surface area contributed by atoms with Gasteiger partial charge in [0.05, 0.1) is 5.92 Å². The van der Waals surface area contributed by atoms with Crippen LogP contribution < -0.4 is 0 Å². The third kappa shape index (κ3) is 3.04. The van der Waals surface area contributed by atoms with Gasteiger partial charge in [0, 0.05) is 51.0 Å². The van der Waals surface area contributed by atoms with Gasteiger partial charge in [0.1, 0.15) is 5.82 Å². The van der Waals surface area contributed by atoms with Crippen molar-refractivity contribution in [3.05, 3.63) is 65.7 Å². The molecule has 4 nitrogen and oxygen atoms in total. The van der Waals surface area contributed by atoms with Gasteiger partial charge < -0.3 is 4.90 Å². The van der Waals surface area contributed by atoms with E-state index in [9.17, 15) is 9.18 Å². The van der Waals surface area contributed by atoms with Crippen molar-refractivity contribution < 1.29 is 9.18 Å². The largest absolute Gasteiger partial charge is 0.338 e. The minimum Gasteiger partial charge on any atom is -0.338 e. The molecule has 0 aliphatic carbocycles.